The minimum absolute atomic E-state index is 0.0431. The lowest BCUT2D eigenvalue weighted by molar-refractivity contribution is -0.889. The van der Waals surface area contributed by atoms with Gasteiger partial charge < -0.3 is 28.6 Å². The Labute approximate surface area is 346 Å². The van der Waals surface area contributed by atoms with Crippen LogP contribution in [0.1, 0.15) is 226 Å². The Balaban J connectivity index is 4.27. The summed E-state index contributed by atoms with van der Waals surface area (Å²) in [6, 6.07) is -0.723. The summed E-state index contributed by atoms with van der Waals surface area (Å²) in [7, 11) is 5.42. The molecule has 0 aromatic heterocycles. The first-order valence-electron chi connectivity index (χ1n) is 23.7. The smallest absolute Gasteiger partial charge is 0.306 e. The van der Waals surface area contributed by atoms with E-state index >= 15 is 0 Å². The van der Waals surface area contributed by atoms with Gasteiger partial charge in [-0.15, -0.1) is 0 Å². The van der Waals surface area contributed by atoms with Crippen LogP contribution in [0.3, 0.4) is 0 Å². The Bertz CT molecular complexity index is 931. The molecule has 0 fully saturated rings. The molecule has 2 unspecified atom stereocenters. The van der Waals surface area contributed by atoms with Crippen LogP contribution in [0.4, 0.5) is 0 Å². The van der Waals surface area contributed by atoms with Crippen molar-refractivity contribution in [2.45, 2.75) is 238 Å². The second kappa shape index (κ2) is 39.9. The van der Waals surface area contributed by atoms with Gasteiger partial charge in [-0.1, -0.05) is 180 Å². The van der Waals surface area contributed by atoms with Crippen LogP contribution in [0.25, 0.3) is 0 Å². The molecule has 56 heavy (non-hydrogen) atoms. The summed E-state index contributed by atoms with van der Waals surface area (Å²) in [5.41, 5.74) is 0. The highest BCUT2D eigenvalue weighted by Crippen LogP contribution is 2.16. The first-order valence-corrected chi connectivity index (χ1v) is 23.7. The summed E-state index contributed by atoms with van der Waals surface area (Å²) >= 11 is 0. The first kappa shape index (κ1) is 54.1. The van der Waals surface area contributed by atoms with Crippen LogP contribution in [0, 0.1) is 0 Å². The Morgan fingerprint density at radius 2 is 0.893 bits per heavy atom. The quantitative estimate of drug-likeness (QED) is 0.0262. The van der Waals surface area contributed by atoms with E-state index in [1.165, 1.54) is 141 Å². The third kappa shape index (κ3) is 37.6. The molecule has 8 heteroatoms. The average Bonchev–Trinajstić information content (AvgIpc) is 3.15. The standard InChI is InChI=1S/C48H91NO7/c1-6-8-10-12-14-16-18-20-22-23-25-26-28-30-32-34-36-38-46(50)55-43-44(42-54-41-40-45(48(52)53)49(3,4)5)56-47(51)39-37-35-33-31-29-27-24-21-19-17-15-13-11-9-7-2/h21,24,44-45H,6-20,22-23,25-43H2,1-5H3/b24-21-. The van der Waals surface area contributed by atoms with Crippen LogP contribution in [-0.2, 0) is 28.6 Å². The monoisotopic (exact) mass is 794 g/mol. The number of hydrogen-bond acceptors (Lipinski definition) is 7. The van der Waals surface area contributed by atoms with Crippen molar-refractivity contribution in [3.05, 3.63) is 12.2 Å². The van der Waals surface area contributed by atoms with Gasteiger partial charge in [-0.25, -0.2) is 0 Å². The van der Waals surface area contributed by atoms with Gasteiger partial charge in [-0.2, -0.15) is 0 Å². The molecule has 0 amide bonds. The number of ether oxygens (including phenoxy) is 3. The van der Waals surface area contributed by atoms with Crippen molar-refractivity contribution in [3.8, 4) is 0 Å². The van der Waals surface area contributed by atoms with Crippen LogP contribution in [-0.4, -0.2) is 75.5 Å². The normalized spacial score (nSPS) is 12.9. The maximum absolute atomic E-state index is 12.7. The highest BCUT2D eigenvalue weighted by Gasteiger charge is 2.25. The van der Waals surface area contributed by atoms with E-state index in [1.807, 2.05) is 0 Å². The third-order valence-corrected chi connectivity index (χ3v) is 10.9. The predicted molar refractivity (Wildman–Crippen MR) is 231 cm³/mol. The number of carboxylic acid groups (broad SMARTS) is 1. The second-order valence-corrected chi connectivity index (χ2v) is 17.4. The van der Waals surface area contributed by atoms with E-state index in [2.05, 4.69) is 26.0 Å². The Kier molecular flexibility index (Phi) is 38.5. The molecule has 0 aromatic carbocycles. The van der Waals surface area contributed by atoms with Gasteiger partial charge in [0.2, 0.25) is 0 Å². The maximum Gasteiger partial charge on any atom is 0.306 e. The fraction of sp³-hybridized carbons (Fsp3) is 0.896. The molecule has 0 spiro atoms. The SMILES string of the molecule is CCCCCCCC/C=C\CCCCCCCC(=O)OC(COCCC(C(=O)[O-])[N+](C)(C)C)COC(=O)CCCCCCCCCCCCCCCCCCC. The highest BCUT2D eigenvalue weighted by molar-refractivity contribution is 5.70. The van der Waals surface area contributed by atoms with Crippen LogP contribution >= 0.6 is 0 Å². The molecule has 0 bridgehead atoms. The zero-order chi connectivity index (χ0) is 41.4. The molecular weight excluding hydrogens is 703 g/mol. The summed E-state index contributed by atoms with van der Waals surface area (Å²) in [5, 5.41) is 11.6. The number of likely N-dealkylation sites (N-methyl/N-ethyl adjacent to an activating group) is 1. The fourth-order valence-electron chi connectivity index (χ4n) is 7.18. The Morgan fingerprint density at radius 1 is 0.518 bits per heavy atom. The van der Waals surface area contributed by atoms with Crippen molar-refractivity contribution in [1.29, 1.82) is 0 Å². The number of nitrogens with zero attached hydrogens (tertiary/aromatic N) is 1. The van der Waals surface area contributed by atoms with Crippen LogP contribution < -0.4 is 5.11 Å². The van der Waals surface area contributed by atoms with Crippen molar-refractivity contribution >= 4 is 17.9 Å². The van der Waals surface area contributed by atoms with E-state index in [0.29, 0.717) is 12.8 Å². The molecule has 0 aliphatic carbocycles. The highest BCUT2D eigenvalue weighted by atomic mass is 16.6. The number of hydrogen-bond donors (Lipinski definition) is 0. The maximum atomic E-state index is 12.7. The molecule has 8 nitrogen and oxygen atoms in total. The molecule has 0 saturated carbocycles. The van der Waals surface area contributed by atoms with E-state index in [0.717, 1.165) is 51.4 Å². The number of unbranched alkanes of at least 4 members (excludes halogenated alkanes) is 27. The van der Waals surface area contributed by atoms with Gasteiger partial charge in [0.05, 0.1) is 40.3 Å². The van der Waals surface area contributed by atoms with E-state index in [9.17, 15) is 19.5 Å². The molecular formula is C48H91NO7. The molecule has 0 saturated heterocycles. The first-order chi connectivity index (χ1) is 27.1. The van der Waals surface area contributed by atoms with Crippen LogP contribution in [0.2, 0.25) is 0 Å². The number of rotatable bonds is 43. The van der Waals surface area contributed by atoms with Gasteiger partial charge in [-0.05, 0) is 38.5 Å². The zero-order valence-electron chi connectivity index (χ0n) is 37.6. The number of quaternary nitrogens is 1. The van der Waals surface area contributed by atoms with Gasteiger partial charge in [0, 0.05) is 19.3 Å². The van der Waals surface area contributed by atoms with Gasteiger partial charge in [-0.3, -0.25) is 9.59 Å². The van der Waals surface area contributed by atoms with Crippen molar-refractivity contribution in [3.63, 3.8) is 0 Å². The summed E-state index contributed by atoms with van der Waals surface area (Å²) in [6.45, 7) is 4.68. The minimum atomic E-state index is -1.12. The summed E-state index contributed by atoms with van der Waals surface area (Å²) in [4.78, 5) is 36.9. The van der Waals surface area contributed by atoms with Crippen LogP contribution in [0.5, 0.6) is 0 Å². The van der Waals surface area contributed by atoms with E-state index in [1.54, 1.807) is 21.1 Å². The number of allylic oxidation sites excluding steroid dienone is 2. The fourth-order valence-corrected chi connectivity index (χ4v) is 7.18. The lowest BCUT2D eigenvalue weighted by atomic mass is 10.0. The zero-order valence-corrected chi connectivity index (χ0v) is 37.6. The largest absolute Gasteiger partial charge is 0.544 e. The molecule has 2 atom stereocenters. The predicted octanol–water partition coefficient (Wildman–Crippen LogP) is 11.8. The van der Waals surface area contributed by atoms with Gasteiger partial charge in [0.1, 0.15) is 12.6 Å². The van der Waals surface area contributed by atoms with Crippen LogP contribution in [0.15, 0.2) is 12.2 Å². The topological polar surface area (TPSA) is 102 Å². The average molecular weight is 794 g/mol. The molecule has 0 rings (SSSR count). The van der Waals surface area contributed by atoms with Gasteiger partial charge in [0.15, 0.2) is 6.10 Å². The lowest BCUT2D eigenvalue weighted by Gasteiger charge is -2.34. The lowest BCUT2D eigenvalue weighted by Crippen LogP contribution is -2.55. The van der Waals surface area contributed by atoms with Gasteiger partial charge in [0.25, 0.3) is 0 Å². The Hall–Kier alpha value is -1.93. The van der Waals surface area contributed by atoms with Crippen molar-refractivity contribution in [2.75, 3.05) is 41.0 Å². The molecule has 0 aliphatic rings. The second-order valence-electron chi connectivity index (χ2n) is 17.4. The van der Waals surface area contributed by atoms with Crippen molar-refractivity contribution in [1.82, 2.24) is 0 Å². The number of carbonyl (C=O) groups excluding carboxylic acids is 3. The van der Waals surface area contributed by atoms with E-state index in [4.69, 9.17) is 14.2 Å². The molecule has 0 radical (unpaired) electrons. The summed E-state index contributed by atoms with van der Waals surface area (Å²) in [6.07, 6.45) is 42.3. The molecule has 0 heterocycles. The molecule has 0 N–H and O–H groups in total. The molecule has 330 valence electrons. The molecule has 0 aliphatic heterocycles. The van der Waals surface area contributed by atoms with Gasteiger partial charge >= 0.3 is 11.9 Å². The van der Waals surface area contributed by atoms with E-state index < -0.39 is 18.1 Å². The van der Waals surface area contributed by atoms with Crippen molar-refractivity contribution in [2.24, 2.45) is 0 Å². The summed E-state index contributed by atoms with van der Waals surface area (Å²) < 4.78 is 17.2. The number of aliphatic carboxylic acids is 1. The van der Waals surface area contributed by atoms with E-state index in [-0.39, 0.29) is 42.7 Å². The van der Waals surface area contributed by atoms with Crippen molar-refractivity contribution < 1.29 is 38.2 Å². The minimum Gasteiger partial charge on any atom is -0.544 e. The Morgan fingerprint density at radius 3 is 1.29 bits per heavy atom. The third-order valence-electron chi connectivity index (χ3n) is 10.9. The number of esters is 2. The number of carbonyl (C=O) groups is 3. The summed E-state index contributed by atoms with van der Waals surface area (Å²) in [5.74, 6) is -1.73. The molecule has 0 aromatic rings. The number of carboxylic acids is 1.